The second-order valence-electron chi connectivity index (χ2n) is 6.19. The Hall–Kier alpha value is -2.84. The highest BCUT2D eigenvalue weighted by atomic mass is 32.2. The summed E-state index contributed by atoms with van der Waals surface area (Å²) in [6, 6.07) is 15.7. The molecule has 148 valence electrons. The van der Waals surface area contributed by atoms with Gasteiger partial charge in [-0.2, -0.15) is 0 Å². The Morgan fingerprint density at radius 2 is 1.79 bits per heavy atom. The SMILES string of the molecule is COc1ccc(-n2c(SCc3csc(C)n3)nnc2-c2ccccc2OC)cc1. The molecule has 0 saturated carbocycles. The monoisotopic (exact) mass is 424 g/mol. The molecule has 0 spiro atoms. The molecule has 2 aromatic carbocycles. The summed E-state index contributed by atoms with van der Waals surface area (Å²) in [7, 11) is 3.32. The highest BCUT2D eigenvalue weighted by Gasteiger charge is 2.19. The van der Waals surface area contributed by atoms with Crippen molar-refractivity contribution in [2.24, 2.45) is 0 Å². The zero-order valence-electron chi connectivity index (χ0n) is 16.3. The van der Waals surface area contributed by atoms with E-state index in [9.17, 15) is 0 Å². The average molecular weight is 425 g/mol. The molecule has 4 aromatic rings. The van der Waals surface area contributed by atoms with Crippen LogP contribution in [0, 0.1) is 6.92 Å². The fourth-order valence-corrected chi connectivity index (χ4v) is 4.51. The smallest absolute Gasteiger partial charge is 0.196 e. The highest BCUT2D eigenvalue weighted by Crippen LogP contribution is 2.34. The minimum absolute atomic E-state index is 0.726. The first-order valence-corrected chi connectivity index (χ1v) is 10.8. The third kappa shape index (κ3) is 4.13. The summed E-state index contributed by atoms with van der Waals surface area (Å²) in [4.78, 5) is 4.55. The van der Waals surface area contributed by atoms with Crippen LogP contribution < -0.4 is 9.47 Å². The van der Waals surface area contributed by atoms with Crippen molar-refractivity contribution >= 4 is 23.1 Å². The Morgan fingerprint density at radius 1 is 1.00 bits per heavy atom. The number of benzene rings is 2. The molecule has 0 bridgehead atoms. The second-order valence-corrected chi connectivity index (χ2v) is 8.19. The van der Waals surface area contributed by atoms with Gasteiger partial charge in [0, 0.05) is 11.1 Å². The van der Waals surface area contributed by atoms with Gasteiger partial charge in [0.25, 0.3) is 0 Å². The lowest BCUT2D eigenvalue weighted by molar-refractivity contribution is 0.414. The number of aromatic nitrogens is 4. The van der Waals surface area contributed by atoms with Crippen molar-refractivity contribution in [1.82, 2.24) is 19.7 Å². The summed E-state index contributed by atoms with van der Waals surface area (Å²) in [5, 5.41) is 12.9. The van der Waals surface area contributed by atoms with Crippen molar-refractivity contribution < 1.29 is 9.47 Å². The molecule has 8 heteroatoms. The maximum atomic E-state index is 5.55. The van der Waals surface area contributed by atoms with E-state index in [0.29, 0.717) is 0 Å². The average Bonchev–Trinajstić information content (AvgIpc) is 3.38. The zero-order valence-corrected chi connectivity index (χ0v) is 18.0. The number of nitrogens with zero attached hydrogens (tertiary/aromatic N) is 4. The van der Waals surface area contributed by atoms with Gasteiger partial charge in [-0.1, -0.05) is 23.9 Å². The maximum absolute atomic E-state index is 5.55. The summed E-state index contributed by atoms with van der Waals surface area (Å²) in [5.74, 6) is 3.00. The van der Waals surface area contributed by atoms with E-state index in [1.165, 1.54) is 0 Å². The van der Waals surface area contributed by atoms with E-state index in [0.717, 1.165) is 50.2 Å². The standard InChI is InChI=1S/C21H20N4O2S2/c1-14-22-15(12-28-14)13-29-21-24-23-20(18-6-4-5-7-19(18)27-3)25(21)16-8-10-17(26-2)11-9-16/h4-12H,13H2,1-3H3. The predicted molar refractivity (Wildman–Crippen MR) is 116 cm³/mol. The minimum atomic E-state index is 0.726. The highest BCUT2D eigenvalue weighted by molar-refractivity contribution is 7.98. The molecule has 0 N–H and O–H groups in total. The molecule has 4 rings (SSSR count). The third-order valence-corrected chi connectivity index (χ3v) is 6.11. The first-order chi connectivity index (χ1) is 14.2. The van der Waals surface area contributed by atoms with Gasteiger partial charge in [-0.25, -0.2) is 4.98 Å². The molecule has 0 amide bonds. The quantitative estimate of drug-likeness (QED) is 0.389. The Balaban J connectivity index is 1.77. The predicted octanol–water partition coefficient (Wildman–Crippen LogP) is 5.01. The Labute approximate surface area is 177 Å². The molecule has 0 radical (unpaired) electrons. The van der Waals surface area contributed by atoms with Gasteiger partial charge in [-0.15, -0.1) is 21.5 Å². The van der Waals surface area contributed by atoms with Crippen molar-refractivity contribution in [1.29, 1.82) is 0 Å². The van der Waals surface area contributed by atoms with Crippen LogP contribution in [0.3, 0.4) is 0 Å². The molecule has 0 fully saturated rings. The van der Waals surface area contributed by atoms with Gasteiger partial charge >= 0.3 is 0 Å². The van der Waals surface area contributed by atoms with Crippen LogP contribution >= 0.6 is 23.1 Å². The molecule has 0 unspecified atom stereocenters. The summed E-state index contributed by atoms with van der Waals surface area (Å²) in [6.45, 7) is 2.01. The molecular formula is C21H20N4O2S2. The van der Waals surface area contributed by atoms with Crippen LogP contribution in [-0.4, -0.2) is 34.0 Å². The Kier molecular flexibility index (Phi) is 5.82. The van der Waals surface area contributed by atoms with E-state index in [1.54, 1.807) is 37.3 Å². The van der Waals surface area contributed by atoms with Crippen LogP contribution in [0.15, 0.2) is 59.1 Å². The lowest BCUT2D eigenvalue weighted by Crippen LogP contribution is -2.01. The number of aryl methyl sites for hydroxylation is 1. The molecule has 2 aromatic heterocycles. The van der Waals surface area contributed by atoms with Crippen molar-refractivity contribution in [3.8, 4) is 28.6 Å². The Bertz CT molecular complexity index is 1110. The summed E-state index contributed by atoms with van der Waals surface area (Å²) in [5.41, 5.74) is 2.88. The van der Waals surface area contributed by atoms with Crippen molar-refractivity contribution in [2.75, 3.05) is 14.2 Å². The van der Waals surface area contributed by atoms with E-state index < -0.39 is 0 Å². The third-order valence-electron chi connectivity index (χ3n) is 4.33. The van der Waals surface area contributed by atoms with E-state index >= 15 is 0 Å². The zero-order chi connectivity index (χ0) is 20.2. The largest absolute Gasteiger partial charge is 0.497 e. The number of rotatable bonds is 7. The van der Waals surface area contributed by atoms with Gasteiger partial charge in [0.2, 0.25) is 0 Å². The van der Waals surface area contributed by atoms with Gasteiger partial charge in [0.05, 0.1) is 36.2 Å². The number of ether oxygens (including phenoxy) is 2. The van der Waals surface area contributed by atoms with Crippen LogP contribution in [0.4, 0.5) is 0 Å². The van der Waals surface area contributed by atoms with Gasteiger partial charge in [-0.3, -0.25) is 4.57 Å². The van der Waals surface area contributed by atoms with Gasteiger partial charge in [-0.05, 0) is 43.3 Å². The molecule has 29 heavy (non-hydrogen) atoms. The molecular weight excluding hydrogens is 404 g/mol. The van der Waals surface area contributed by atoms with Crippen molar-refractivity contribution in [3.63, 3.8) is 0 Å². The summed E-state index contributed by atoms with van der Waals surface area (Å²) in [6.07, 6.45) is 0. The fourth-order valence-electron chi connectivity index (χ4n) is 2.94. The summed E-state index contributed by atoms with van der Waals surface area (Å²) >= 11 is 3.26. The number of para-hydroxylation sites is 1. The first kappa shape index (κ1) is 19.5. The lowest BCUT2D eigenvalue weighted by Gasteiger charge is -2.12. The van der Waals surface area contributed by atoms with Crippen molar-refractivity contribution in [3.05, 3.63) is 64.6 Å². The van der Waals surface area contributed by atoms with Crippen LogP contribution in [0.1, 0.15) is 10.7 Å². The molecule has 2 heterocycles. The van der Waals surface area contributed by atoms with Crippen LogP contribution in [0.2, 0.25) is 0 Å². The number of hydrogen-bond acceptors (Lipinski definition) is 7. The minimum Gasteiger partial charge on any atom is -0.497 e. The molecule has 0 atom stereocenters. The summed E-state index contributed by atoms with van der Waals surface area (Å²) < 4.78 is 12.9. The van der Waals surface area contributed by atoms with E-state index in [1.807, 2.05) is 60.0 Å². The fraction of sp³-hybridized carbons (Fsp3) is 0.190. The van der Waals surface area contributed by atoms with Gasteiger partial charge < -0.3 is 9.47 Å². The van der Waals surface area contributed by atoms with Gasteiger partial charge in [0.1, 0.15) is 11.5 Å². The second kappa shape index (κ2) is 8.67. The van der Waals surface area contributed by atoms with E-state index in [-0.39, 0.29) is 0 Å². The molecule has 0 aliphatic rings. The normalized spacial score (nSPS) is 10.9. The van der Waals surface area contributed by atoms with Crippen molar-refractivity contribution in [2.45, 2.75) is 17.8 Å². The number of thiazole rings is 1. The molecule has 0 saturated heterocycles. The topological polar surface area (TPSA) is 62.1 Å². The maximum Gasteiger partial charge on any atom is 0.196 e. The molecule has 0 aliphatic heterocycles. The van der Waals surface area contributed by atoms with E-state index in [4.69, 9.17) is 9.47 Å². The van der Waals surface area contributed by atoms with Crippen LogP contribution in [-0.2, 0) is 5.75 Å². The molecule has 6 nitrogen and oxygen atoms in total. The number of hydrogen-bond donors (Lipinski definition) is 0. The van der Waals surface area contributed by atoms with Crippen LogP contribution in [0.25, 0.3) is 17.1 Å². The Morgan fingerprint density at radius 3 is 2.48 bits per heavy atom. The number of thioether (sulfide) groups is 1. The van der Waals surface area contributed by atoms with Gasteiger partial charge in [0.15, 0.2) is 11.0 Å². The first-order valence-electron chi connectivity index (χ1n) is 8.96. The van der Waals surface area contributed by atoms with Crippen LogP contribution in [0.5, 0.6) is 11.5 Å². The van der Waals surface area contributed by atoms with E-state index in [2.05, 4.69) is 20.6 Å². The lowest BCUT2D eigenvalue weighted by atomic mass is 10.2. The number of methoxy groups -OCH3 is 2. The molecule has 0 aliphatic carbocycles.